The molecular weight excluding hydrogens is 410 g/mol. The second-order valence-corrected chi connectivity index (χ2v) is 6.46. The zero-order valence-electron chi connectivity index (χ0n) is 14.6. The van der Waals surface area contributed by atoms with Crippen molar-refractivity contribution in [3.63, 3.8) is 0 Å². The second kappa shape index (κ2) is 9.05. The Morgan fingerprint density at radius 2 is 1.96 bits per heavy atom. The standard InChI is InChI=1S/C20H18BrN3O3/c1-26-18-9-7-16(8-10-18)24-11-3-5-17(24)13-22-23-20(25)14-27-19-6-2-4-15(21)12-19/h2-13H,14H2,1H3,(H,23,25)/b22-13+. The predicted octanol–water partition coefficient (Wildman–Crippen LogP) is 3.78. The van der Waals surface area contributed by atoms with Gasteiger partial charge in [0.25, 0.3) is 5.91 Å². The van der Waals surface area contributed by atoms with Crippen LogP contribution in [0.2, 0.25) is 0 Å². The number of benzene rings is 2. The van der Waals surface area contributed by atoms with E-state index in [9.17, 15) is 4.79 Å². The van der Waals surface area contributed by atoms with E-state index in [-0.39, 0.29) is 12.5 Å². The number of nitrogens with zero attached hydrogens (tertiary/aromatic N) is 2. The Hall–Kier alpha value is -3.06. The molecule has 3 rings (SSSR count). The summed E-state index contributed by atoms with van der Waals surface area (Å²) in [6.45, 7) is -0.118. The molecular formula is C20H18BrN3O3. The lowest BCUT2D eigenvalue weighted by atomic mass is 10.3. The van der Waals surface area contributed by atoms with Crippen LogP contribution in [0.3, 0.4) is 0 Å². The molecule has 0 saturated heterocycles. The summed E-state index contributed by atoms with van der Waals surface area (Å²) >= 11 is 3.35. The lowest BCUT2D eigenvalue weighted by Gasteiger charge is -2.07. The van der Waals surface area contributed by atoms with Crippen molar-refractivity contribution in [3.05, 3.63) is 77.0 Å². The molecule has 0 bridgehead atoms. The molecule has 138 valence electrons. The van der Waals surface area contributed by atoms with Crippen molar-refractivity contribution < 1.29 is 14.3 Å². The number of carbonyl (C=O) groups excluding carboxylic acids is 1. The van der Waals surface area contributed by atoms with Crippen LogP contribution in [0.15, 0.2) is 76.4 Å². The molecule has 0 spiro atoms. The maximum atomic E-state index is 11.9. The monoisotopic (exact) mass is 427 g/mol. The average Bonchev–Trinajstić information content (AvgIpc) is 3.15. The van der Waals surface area contributed by atoms with Gasteiger partial charge in [0, 0.05) is 16.4 Å². The van der Waals surface area contributed by atoms with E-state index in [1.807, 2.05) is 59.3 Å². The third kappa shape index (κ3) is 5.21. The van der Waals surface area contributed by atoms with Crippen LogP contribution >= 0.6 is 15.9 Å². The zero-order valence-corrected chi connectivity index (χ0v) is 16.2. The molecule has 0 atom stereocenters. The molecule has 1 N–H and O–H groups in total. The first-order valence-electron chi connectivity index (χ1n) is 8.18. The first kappa shape index (κ1) is 18.7. The zero-order chi connectivity index (χ0) is 19.1. The van der Waals surface area contributed by atoms with Crippen LogP contribution in [0, 0.1) is 0 Å². The number of rotatable bonds is 7. The number of hydrogen-bond donors (Lipinski definition) is 1. The molecule has 0 fully saturated rings. The van der Waals surface area contributed by atoms with Crippen molar-refractivity contribution in [3.8, 4) is 17.2 Å². The summed E-state index contributed by atoms with van der Waals surface area (Å²) < 4.78 is 13.4. The van der Waals surface area contributed by atoms with E-state index in [0.29, 0.717) is 5.75 Å². The van der Waals surface area contributed by atoms with Crippen molar-refractivity contribution in [1.29, 1.82) is 0 Å². The maximum Gasteiger partial charge on any atom is 0.277 e. The first-order valence-corrected chi connectivity index (χ1v) is 8.97. The van der Waals surface area contributed by atoms with E-state index in [2.05, 4.69) is 26.5 Å². The fraction of sp³-hybridized carbons (Fsp3) is 0.100. The van der Waals surface area contributed by atoms with Crippen molar-refractivity contribution in [2.45, 2.75) is 0 Å². The smallest absolute Gasteiger partial charge is 0.277 e. The summed E-state index contributed by atoms with van der Waals surface area (Å²) in [6, 6.07) is 18.8. The molecule has 0 aliphatic heterocycles. The van der Waals surface area contributed by atoms with Gasteiger partial charge in [-0.15, -0.1) is 0 Å². The second-order valence-electron chi connectivity index (χ2n) is 5.54. The predicted molar refractivity (Wildman–Crippen MR) is 108 cm³/mol. The number of carbonyl (C=O) groups is 1. The highest BCUT2D eigenvalue weighted by molar-refractivity contribution is 9.10. The minimum atomic E-state index is -0.339. The van der Waals surface area contributed by atoms with Crippen LogP contribution in [0.25, 0.3) is 5.69 Å². The molecule has 0 radical (unpaired) electrons. The molecule has 6 nitrogen and oxygen atoms in total. The summed E-state index contributed by atoms with van der Waals surface area (Å²) in [5, 5.41) is 4.00. The topological polar surface area (TPSA) is 64.8 Å². The fourth-order valence-electron chi connectivity index (χ4n) is 2.39. The Morgan fingerprint density at radius 3 is 2.70 bits per heavy atom. The highest BCUT2D eigenvalue weighted by atomic mass is 79.9. The van der Waals surface area contributed by atoms with Crippen molar-refractivity contribution in [2.75, 3.05) is 13.7 Å². The van der Waals surface area contributed by atoms with Crippen LogP contribution in [-0.2, 0) is 4.79 Å². The number of halogens is 1. The van der Waals surface area contributed by atoms with Gasteiger partial charge < -0.3 is 14.0 Å². The Bertz CT molecular complexity index is 936. The Balaban J connectivity index is 1.57. The fourth-order valence-corrected chi connectivity index (χ4v) is 2.76. The number of ether oxygens (including phenoxy) is 2. The quantitative estimate of drug-likeness (QED) is 0.460. The number of amides is 1. The number of nitrogens with one attached hydrogen (secondary N) is 1. The summed E-state index contributed by atoms with van der Waals surface area (Å²) in [6.07, 6.45) is 3.50. The molecule has 1 heterocycles. The normalized spacial score (nSPS) is 10.7. The molecule has 0 saturated carbocycles. The van der Waals surface area contributed by atoms with Crippen molar-refractivity contribution in [1.82, 2.24) is 9.99 Å². The lowest BCUT2D eigenvalue weighted by molar-refractivity contribution is -0.123. The number of aromatic nitrogens is 1. The third-order valence-corrected chi connectivity index (χ3v) is 4.18. The molecule has 7 heteroatoms. The van der Waals surface area contributed by atoms with Gasteiger partial charge in [-0.05, 0) is 54.6 Å². The Kier molecular flexibility index (Phi) is 6.27. The minimum Gasteiger partial charge on any atom is -0.497 e. The summed E-state index contributed by atoms with van der Waals surface area (Å²) in [5.41, 5.74) is 4.25. The number of hydrogen-bond acceptors (Lipinski definition) is 4. The van der Waals surface area contributed by atoms with E-state index in [4.69, 9.17) is 9.47 Å². The molecule has 0 aliphatic rings. The molecule has 2 aromatic carbocycles. The number of methoxy groups -OCH3 is 1. The van der Waals surface area contributed by atoms with Gasteiger partial charge in [0.05, 0.1) is 19.0 Å². The lowest BCUT2D eigenvalue weighted by Crippen LogP contribution is -2.24. The van der Waals surface area contributed by atoms with E-state index in [1.165, 1.54) is 0 Å². The SMILES string of the molecule is COc1ccc(-n2cccc2/C=N/NC(=O)COc2cccc(Br)c2)cc1. The van der Waals surface area contributed by atoms with Gasteiger partial charge in [-0.1, -0.05) is 22.0 Å². The van der Waals surface area contributed by atoms with E-state index in [1.54, 1.807) is 25.5 Å². The largest absolute Gasteiger partial charge is 0.497 e. The highest BCUT2D eigenvalue weighted by Crippen LogP contribution is 2.18. The van der Waals surface area contributed by atoms with Gasteiger partial charge >= 0.3 is 0 Å². The van der Waals surface area contributed by atoms with Gasteiger partial charge in [-0.2, -0.15) is 5.10 Å². The minimum absolute atomic E-state index is 0.118. The van der Waals surface area contributed by atoms with Crippen LogP contribution in [0.4, 0.5) is 0 Å². The molecule has 0 aliphatic carbocycles. The average molecular weight is 428 g/mol. The van der Waals surface area contributed by atoms with Crippen molar-refractivity contribution in [2.24, 2.45) is 5.10 Å². The van der Waals surface area contributed by atoms with E-state index < -0.39 is 0 Å². The number of hydrazone groups is 1. The summed E-state index contributed by atoms with van der Waals surface area (Å²) in [5.74, 6) is 1.06. The molecule has 1 amide bonds. The van der Waals surface area contributed by atoms with Gasteiger partial charge in [-0.25, -0.2) is 5.43 Å². The van der Waals surface area contributed by atoms with Crippen LogP contribution in [0.1, 0.15) is 5.69 Å². The van der Waals surface area contributed by atoms with Crippen molar-refractivity contribution >= 4 is 28.1 Å². The van der Waals surface area contributed by atoms with E-state index >= 15 is 0 Å². The first-order chi connectivity index (χ1) is 13.2. The van der Waals surface area contributed by atoms with Crippen LogP contribution in [0.5, 0.6) is 11.5 Å². The summed E-state index contributed by atoms with van der Waals surface area (Å²) in [7, 11) is 1.63. The maximum absolute atomic E-state index is 11.9. The van der Waals surface area contributed by atoms with Gasteiger partial charge in [-0.3, -0.25) is 4.79 Å². The van der Waals surface area contributed by atoms with Crippen LogP contribution < -0.4 is 14.9 Å². The molecule has 27 heavy (non-hydrogen) atoms. The van der Waals surface area contributed by atoms with E-state index in [0.717, 1.165) is 21.6 Å². The molecule has 3 aromatic rings. The van der Waals surface area contributed by atoms with Gasteiger partial charge in [0.1, 0.15) is 11.5 Å². The Labute approximate surface area is 165 Å². The Morgan fingerprint density at radius 1 is 1.15 bits per heavy atom. The molecule has 0 unspecified atom stereocenters. The van der Waals surface area contributed by atoms with Gasteiger partial charge in [0.2, 0.25) is 0 Å². The highest BCUT2D eigenvalue weighted by Gasteiger charge is 2.04. The molecule has 1 aromatic heterocycles. The van der Waals surface area contributed by atoms with Crippen LogP contribution in [-0.4, -0.2) is 30.4 Å². The van der Waals surface area contributed by atoms with Gasteiger partial charge in [0.15, 0.2) is 6.61 Å². The third-order valence-electron chi connectivity index (χ3n) is 3.68. The summed E-state index contributed by atoms with van der Waals surface area (Å²) in [4.78, 5) is 11.9.